The maximum atomic E-state index is 12.0. The second-order valence-corrected chi connectivity index (χ2v) is 7.61. The van der Waals surface area contributed by atoms with Crippen LogP contribution in [0.1, 0.15) is 30.9 Å². The molecule has 0 aromatic heterocycles. The van der Waals surface area contributed by atoms with Gasteiger partial charge in [0.05, 0.1) is 7.11 Å². The summed E-state index contributed by atoms with van der Waals surface area (Å²) in [6, 6.07) is 18.6. The summed E-state index contributed by atoms with van der Waals surface area (Å²) in [4.78, 5) is 18.0. The lowest BCUT2D eigenvalue weighted by atomic mass is 9.94. The Morgan fingerprint density at radius 3 is 2.33 bits per heavy atom. The first-order valence-electron chi connectivity index (χ1n) is 10.3. The third-order valence-corrected chi connectivity index (χ3v) is 5.18. The van der Waals surface area contributed by atoms with E-state index in [1.807, 2.05) is 18.2 Å². The number of hydrogen-bond acceptors (Lipinski definition) is 3. The number of aliphatic imine (C=N–C) groups is 1. The molecule has 0 saturated heterocycles. The number of guanidine groups is 1. The third-order valence-electron chi connectivity index (χ3n) is 5.18. The lowest BCUT2D eigenvalue weighted by molar-refractivity contribution is -0.127. The van der Waals surface area contributed by atoms with E-state index in [0.29, 0.717) is 18.4 Å². The number of hydrogen-bond donors (Lipinski definition) is 2. The largest absolute Gasteiger partial charge is 0.497 e. The number of carbonyl (C=O) groups excluding carboxylic acids is 1. The van der Waals surface area contributed by atoms with Crippen LogP contribution in [-0.4, -0.2) is 57.1 Å². The third kappa shape index (κ3) is 7.43. The Morgan fingerprint density at radius 1 is 1.07 bits per heavy atom. The van der Waals surface area contributed by atoms with Crippen molar-refractivity contribution in [2.75, 3.05) is 34.3 Å². The summed E-state index contributed by atoms with van der Waals surface area (Å²) >= 11 is 0. The molecule has 0 saturated carbocycles. The van der Waals surface area contributed by atoms with Crippen LogP contribution in [0.2, 0.25) is 0 Å². The molecule has 2 aromatic rings. The second-order valence-electron chi connectivity index (χ2n) is 7.61. The molecular formula is C24H34N4O2. The fraction of sp³-hybridized carbons (Fsp3) is 0.417. The highest BCUT2D eigenvalue weighted by atomic mass is 16.5. The molecule has 0 aliphatic heterocycles. The molecule has 0 spiro atoms. The van der Waals surface area contributed by atoms with E-state index in [1.54, 1.807) is 26.1 Å². The number of amides is 1. The zero-order valence-electron chi connectivity index (χ0n) is 18.7. The lowest BCUT2D eigenvalue weighted by Crippen LogP contribution is -2.45. The first-order chi connectivity index (χ1) is 14.4. The molecule has 2 unspecified atom stereocenters. The molecule has 6 nitrogen and oxygen atoms in total. The molecule has 0 bridgehead atoms. The van der Waals surface area contributed by atoms with E-state index < -0.39 is 0 Å². The Balaban J connectivity index is 2.00. The van der Waals surface area contributed by atoms with Gasteiger partial charge in [-0.05, 0) is 36.6 Å². The highest BCUT2D eigenvalue weighted by Crippen LogP contribution is 2.18. The predicted molar refractivity (Wildman–Crippen MR) is 123 cm³/mol. The van der Waals surface area contributed by atoms with Gasteiger partial charge >= 0.3 is 0 Å². The van der Waals surface area contributed by atoms with Gasteiger partial charge in [-0.15, -0.1) is 0 Å². The van der Waals surface area contributed by atoms with Crippen molar-refractivity contribution in [1.82, 2.24) is 15.5 Å². The van der Waals surface area contributed by atoms with Crippen LogP contribution < -0.4 is 15.4 Å². The van der Waals surface area contributed by atoms with E-state index in [9.17, 15) is 4.79 Å². The standard InChI is InChI=1S/C24H34N4O2/c1-18(21-9-7-6-8-10-21)19(2)27-24(26-17-23(29)28(3)4)25-16-15-20-11-13-22(30-5)14-12-20/h6-14,18-19H,15-17H2,1-5H3,(H2,25,26,27). The van der Waals surface area contributed by atoms with Gasteiger partial charge in [-0.3, -0.25) is 4.79 Å². The van der Waals surface area contributed by atoms with Crippen molar-refractivity contribution in [2.45, 2.75) is 32.2 Å². The van der Waals surface area contributed by atoms with Crippen molar-refractivity contribution in [3.8, 4) is 5.75 Å². The van der Waals surface area contributed by atoms with E-state index >= 15 is 0 Å². The fourth-order valence-corrected chi connectivity index (χ4v) is 2.94. The molecule has 0 fully saturated rings. The summed E-state index contributed by atoms with van der Waals surface area (Å²) in [5.41, 5.74) is 2.47. The fourth-order valence-electron chi connectivity index (χ4n) is 2.94. The zero-order chi connectivity index (χ0) is 21.9. The SMILES string of the molecule is COc1ccc(CCNC(=NCC(=O)N(C)C)NC(C)C(C)c2ccccc2)cc1. The lowest BCUT2D eigenvalue weighted by Gasteiger charge is -2.24. The molecule has 162 valence electrons. The first kappa shape index (κ1) is 23.3. The summed E-state index contributed by atoms with van der Waals surface area (Å²) in [7, 11) is 5.14. The molecule has 0 heterocycles. The highest BCUT2D eigenvalue weighted by molar-refractivity contribution is 5.85. The van der Waals surface area contributed by atoms with Gasteiger partial charge in [0.15, 0.2) is 5.96 Å². The van der Waals surface area contributed by atoms with Crippen molar-refractivity contribution < 1.29 is 9.53 Å². The van der Waals surface area contributed by atoms with Gasteiger partial charge < -0.3 is 20.3 Å². The smallest absolute Gasteiger partial charge is 0.243 e. The minimum Gasteiger partial charge on any atom is -0.497 e. The number of ether oxygens (including phenoxy) is 1. The van der Waals surface area contributed by atoms with Crippen LogP contribution in [-0.2, 0) is 11.2 Å². The minimum atomic E-state index is -0.0324. The number of nitrogens with one attached hydrogen (secondary N) is 2. The summed E-state index contributed by atoms with van der Waals surface area (Å²) in [5.74, 6) is 1.76. The van der Waals surface area contributed by atoms with Crippen LogP contribution in [0.3, 0.4) is 0 Å². The zero-order valence-corrected chi connectivity index (χ0v) is 18.7. The topological polar surface area (TPSA) is 66.0 Å². The normalized spacial score (nSPS) is 13.3. The van der Waals surface area contributed by atoms with Gasteiger partial charge in [0.1, 0.15) is 12.3 Å². The average Bonchev–Trinajstić information content (AvgIpc) is 2.77. The number of benzene rings is 2. The number of rotatable bonds is 9. The molecule has 1 amide bonds. The number of nitrogens with zero attached hydrogens (tertiary/aromatic N) is 2. The molecule has 30 heavy (non-hydrogen) atoms. The van der Waals surface area contributed by atoms with Crippen molar-refractivity contribution in [2.24, 2.45) is 4.99 Å². The predicted octanol–water partition coefficient (Wildman–Crippen LogP) is 3.05. The molecule has 0 aliphatic rings. The van der Waals surface area contributed by atoms with Crippen LogP contribution in [0.25, 0.3) is 0 Å². The Kier molecular flexibility index (Phi) is 9.19. The van der Waals surface area contributed by atoms with Crippen LogP contribution in [0.5, 0.6) is 5.75 Å². The maximum absolute atomic E-state index is 12.0. The Bertz CT molecular complexity index is 804. The van der Waals surface area contributed by atoms with Gasteiger partial charge in [0.2, 0.25) is 5.91 Å². The van der Waals surface area contributed by atoms with E-state index in [0.717, 1.165) is 12.2 Å². The van der Waals surface area contributed by atoms with Crippen molar-refractivity contribution in [3.05, 3.63) is 65.7 Å². The number of methoxy groups -OCH3 is 1. The first-order valence-corrected chi connectivity index (χ1v) is 10.3. The van der Waals surface area contributed by atoms with Crippen molar-refractivity contribution in [1.29, 1.82) is 0 Å². The van der Waals surface area contributed by atoms with Gasteiger partial charge in [-0.25, -0.2) is 4.99 Å². The molecule has 2 aromatic carbocycles. The Hall–Kier alpha value is -3.02. The molecular weight excluding hydrogens is 376 g/mol. The molecule has 2 rings (SSSR count). The van der Waals surface area contributed by atoms with Crippen molar-refractivity contribution in [3.63, 3.8) is 0 Å². The summed E-state index contributed by atoms with van der Waals surface area (Å²) in [6.07, 6.45) is 0.842. The highest BCUT2D eigenvalue weighted by Gasteiger charge is 2.16. The molecule has 6 heteroatoms. The van der Waals surface area contributed by atoms with E-state index in [4.69, 9.17) is 4.74 Å². The average molecular weight is 411 g/mol. The van der Waals surface area contributed by atoms with Gasteiger partial charge in [-0.2, -0.15) is 0 Å². The van der Waals surface area contributed by atoms with Crippen LogP contribution >= 0.6 is 0 Å². The monoisotopic (exact) mass is 410 g/mol. The van der Waals surface area contributed by atoms with Crippen molar-refractivity contribution >= 4 is 11.9 Å². The van der Waals surface area contributed by atoms with E-state index in [-0.39, 0.29) is 18.5 Å². The van der Waals surface area contributed by atoms with E-state index in [1.165, 1.54) is 11.1 Å². The molecule has 2 atom stereocenters. The molecule has 0 radical (unpaired) electrons. The van der Waals surface area contributed by atoms with Gasteiger partial charge in [-0.1, -0.05) is 49.4 Å². The van der Waals surface area contributed by atoms with Crippen LogP contribution in [0.15, 0.2) is 59.6 Å². The van der Waals surface area contributed by atoms with Crippen LogP contribution in [0, 0.1) is 0 Å². The van der Waals surface area contributed by atoms with E-state index in [2.05, 4.69) is 65.9 Å². The summed E-state index contributed by atoms with van der Waals surface area (Å²) in [5, 5.41) is 6.83. The van der Waals surface area contributed by atoms with Gasteiger partial charge in [0.25, 0.3) is 0 Å². The quantitative estimate of drug-likeness (QED) is 0.493. The second kappa shape index (κ2) is 11.9. The van der Waals surface area contributed by atoms with Gasteiger partial charge in [0, 0.05) is 32.6 Å². The Morgan fingerprint density at radius 2 is 1.73 bits per heavy atom. The molecule has 0 aliphatic carbocycles. The minimum absolute atomic E-state index is 0.0324. The number of carbonyl (C=O) groups is 1. The number of likely N-dealkylation sites (N-methyl/N-ethyl adjacent to an activating group) is 1. The maximum Gasteiger partial charge on any atom is 0.243 e. The molecule has 2 N–H and O–H groups in total. The summed E-state index contributed by atoms with van der Waals surface area (Å²) < 4.78 is 5.21. The summed E-state index contributed by atoms with van der Waals surface area (Å²) in [6.45, 7) is 5.14. The Labute approximate surface area is 180 Å². The van der Waals surface area contributed by atoms with Crippen LogP contribution in [0.4, 0.5) is 0 Å².